The van der Waals surface area contributed by atoms with Gasteiger partial charge in [-0.3, -0.25) is 4.79 Å². The highest BCUT2D eigenvalue weighted by atomic mass is 16.3. The van der Waals surface area contributed by atoms with E-state index in [1.807, 2.05) is 31.2 Å². The summed E-state index contributed by atoms with van der Waals surface area (Å²) in [6.45, 7) is 2.58. The number of nitrogens with one attached hydrogen (secondary N) is 1. The molecule has 0 aliphatic rings. The first-order chi connectivity index (χ1) is 16.1. The van der Waals surface area contributed by atoms with Gasteiger partial charge < -0.3 is 10.4 Å². The number of hydrogen-bond acceptors (Lipinski definition) is 5. The number of pyridine rings is 1. The standard InChI is InChI=1S/C26H27N5O2/c1-2-24-29-25(31(30-24)20-14-16-21(32)17-15-20)22-12-8-13-23(28-22)26(33)27-18-7-6-11-19-9-4-3-5-10-19/h3-5,8-10,12-17,32H,2,6-7,11,18H2,1H3,(H,27,33). The molecule has 0 spiro atoms. The SMILES string of the molecule is CCc1nc(-c2cccc(C(=O)NCCCCc3ccccc3)n2)n(-c2ccc(O)cc2)n1. The summed E-state index contributed by atoms with van der Waals surface area (Å²) < 4.78 is 1.69. The summed E-state index contributed by atoms with van der Waals surface area (Å²) in [6, 6.07) is 22.4. The molecular weight excluding hydrogens is 414 g/mol. The average molecular weight is 442 g/mol. The van der Waals surface area contributed by atoms with Gasteiger partial charge in [0.05, 0.1) is 5.69 Å². The van der Waals surface area contributed by atoms with E-state index in [4.69, 9.17) is 0 Å². The van der Waals surface area contributed by atoms with Crippen molar-refractivity contribution in [2.24, 2.45) is 0 Å². The number of rotatable bonds is 9. The molecule has 0 radical (unpaired) electrons. The quantitative estimate of drug-likeness (QED) is 0.377. The summed E-state index contributed by atoms with van der Waals surface area (Å²) in [6.07, 6.45) is 3.57. The number of phenols is 1. The zero-order valence-corrected chi connectivity index (χ0v) is 18.6. The van der Waals surface area contributed by atoms with Crippen LogP contribution in [0.4, 0.5) is 0 Å². The van der Waals surface area contributed by atoms with E-state index in [2.05, 4.69) is 32.5 Å². The van der Waals surface area contributed by atoms with Gasteiger partial charge in [-0.25, -0.2) is 14.6 Å². The molecule has 7 nitrogen and oxygen atoms in total. The fourth-order valence-electron chi connectivity index (χ4n) is 3.52. The molecule has 2 heterocycles. The van der Waals surface area contributed by atoms with Gasteiger partial charge in [0.1, 0.15) is 17.1 Å². The van der Waals surface area contributed by atoms with Gasteiger partial charge >= 0.3 is 0 Å². The maximum Gasteiger partial charge on any atom is 0.269 e. The number of amides is 1. The lowest BCUT2D eigenvalue weighted by atomic mass is 10.1. The summed E-state index contributed by atoms with van der Waals surface area (Å²) in [7, 11) is 0. The van der Waals surface area contributed by atoms with Gasteiger partial charge in [0, 0.05) is 13.0 Å². The summed E-state index contributed by atoms with van der Waals surface area (Å²) >= 11 is 0. The van der Waals surface area contributed by atoms with E-state index < -0.39 is 0 Å². The van der Waals surface area contributed by atoms with Crippen LogP contribution < -0.4 is 5.32 Å². The Morgan fingerprint density at radius 3 is 2.48 bits per heavy atom. The summed E-state index contributed by atoms with van der Waals surface area (Å²) in [5.74, 6) is 1.20. The molecule has 7 heteroatoms. The predicted molar refractivity (Wildman–Crippen MR) is 127 cm³/mol. The monoisotopic (exact) mass is 441 g/mol. The minimum absolute atomic E-state index is 0.177. The van der Waals surface area contributed by atoms with Gasteiger partial charge in [-0.05, 0) is 61.2 Å². The van der Waals surface area contributed by atoms with Gasteiger partial charge in [0.15, 0.2) is 11.6 Å². The fourth-order valence-corrected chi connectivity index (χ4v) is 3.52. The van der Waals surface area contributed by atoms with Crippen molar-refractivity contribution in [3.63, 3.8) is 0 Å². The lowest BCUT2D eigenvalue weighted by Crippen LogP contribution is -2.25. The van der Waals surface area contributed by atoms with Gasteiger partial charge in [-0.1, -0.05) is 43.3 Å². The van der Waals surface area contributed by atoms with Crippen molar-refractivity contribution in [1.29, 1.82) is 0 Å². The smallest absolute Gasteiger partial charge is 0.269 e. The zero-order valence-electron chi connectivity index (χ0n) is 18.6. The highest BCUT2D eigenvalue weighted by Crippen LogP contribution is 2.21. The molecule has 0 unspecified atom stereocenters. The van der Waals surface area contributed by atoms with Crippen LogP contribution in [0.25, 0.3) is 17.2 Å². The molecule has 4 aromatic rings. The number of hydrogen-bond donors (Lipinski definition) is 2. The third kappa shape index (κ3) is 5.63. The summed E-state index contributed by atoms with van der Waals surface area (Å²) in [5, 5.41) is 17.1. The Balaban J connectivity index is 1.44. The molecular formula is C26H27N5O2. The number of benzene rings is 2. The molecule has 2 aromatic heterocycles. The predicted octanol–water partition coefficient (Wildman–Crippen LogP) is 4.35. The fraction of sp³-hybridized carbons (Fsp3) is 0.231. The Kier molecular flexibility index (Phi) is 7.09. The van der Waals surface area contributed by atoms with Gasteiger partial charge in [-0.15, -0.1) is 0 Å². The van der Waals surface area contributed by atoms with E-state index >= 15 is 0 Å². The molecule has 2 N–H and O–H groups in total. The molecule has 0 atom stereocenters. The van der Waals surface area contributed by atoms with Crippen molar-refractivity contribution in [2.75, 3.05) is 6.54 Å². The first kappa shape index (κ1) is 22.2. The molecule has 0 saturated heterocycles. The number of aromatic nitrogens is 4. The van der Waals surface area contributed by atoms with Crippen LogP contribution in [0.5, 0.6) is 5.75 Å². The van der Waals surface area contributed by atoms with Crippen molar-refractivity contribution < 1.29 is 9.90 Å². The lowest BCUT2D eigenvalue weighted by molar-refractivity contribution is 0.0948. The normalized spacial score (nSPS) is 10.8. The van der Waals surface area contributed by atoms with Gasteiger partial charge in [0.25, 0.3) is 5.91 Å². The third-order valence-electron chi connectivity index (χ3n) is 5.29. The number of phenolic OH excluding ortho intramolecular Hbond substituents is 1. The molecule has 2 aromatic carbocycles. The molecule has 1 amide bonds. The summed E-state index contributed by atoms with van der Waals surface area (Å²) in [4.78, 5) is 21.8. The number of aryl methyl sites for hydroxylation is 2. The maximum atomic E-state index is 12.7. The minimum atomic E-state index is -0.206. The average Bonchev–Trinajstić information content (AvgIpc) is 3.29. The van der Waals surface area contributed by atoms with E-state index in [9.17, 15) is 9.90 Å². The Morgan fingerprint density at radius 2 is 1.73 bits per heavy atom. The lowest BCUT2D eigenvalue weighted by Gasteiger charge is -2.08. The van der Waals surface area contributed by atoms with Crippen LogP contribution in [0.15, 0.2) is 72.8 Å². The molecule has 0 aliphatic carbocycles. The van der Waals surface area contributed by atoms with Gasteiger partial charge in [0.2, 0.25) is 0 Å². The molecule has 4 rings (SSSR count). The van der Waals surface area contributed by atoms with Crippen molar-refractivity contribution >= 4 is 5.91 Å². The number of nitrogens with zero attached hydrogens (tertiary/aromatic N) is 4. The van der Waals surface area contributed by atoms with E-state index in [0.29, 0.717) is 36.0 Å². The van der Waals surface area contributed by atoms with E-state index in [1.54, 1.807) is 41.1 Å². The highest BCUT2D eigenvalue weighted by Gasteiger charge is 2.16. The van der Waals surface area contributed by atoms with Crippen LogP contribution in [0.3, 0.4) is 0 Å². The van der Waals surface area contributed by atoms with Crippen molar-refractivity contribution in [3.8, 4) is 23.0 Å². The number of carbonyl (C=O) groups excluding carboxylic acids is 1. The van der Waals surface area contributed by atoms with Crippen LogP contribution in [-0.4, -0.2) is 37.3 Å². The Labute approximate surface area is 193 Å². The molecule has 0 bridgehead atoms. The van der Waals surface area contributed by atoms with Crippen molar-refractivity contribution in [2.45, 2.75) is 32.6 Å². The van der Waals surface area contributed by atoms with E-state index in [1.165, 1.54) is 5.56 Å². The second-order valence-electron chi connectivity index (χ2n) is 7.74. The van der Waals surface area contributed by atoms with Crippen LogP contribution in [0.1, 0.15) is 41.6 Å². The topological polar surface area (TPSA) is 92.9 Å². The van der Waals surface area contributed by atoms with Crippen LogP contribution in [-0.2, 0) is 12.8 Å². The molecule has 168 valence electrons. The van der Waals surface area contributed by atoms with Crippen LogP contribution in [0, 0.1) is 0 Å². The van der Waals surface area contributed by atoms with E-state index in [-0.39, 0.29) is 11.7 Å². The Bertz CT molecular complexity index is 1200. The second-order valence-corrected chi connectivity index (χ2v) is 7.74. The molecule has 0 aliphatic heterocycles. The maximum absolute atomic E-state index is 12.7. The molecule has 0 saturated carbocycles. The first-order valence-electron chi connectivity index (χ1n) is 11.2. The van der Waals surface area contributed by atoms with Crippen molar-refractivity contribution in [3.05, 3.63) is 89.9 Å². The minimum Gasteiger partial charge on any atom is -0.508 e. The Hall–Kier alpha value is -4.00. The highest BCUT2D eigenvalue weighted by molar-refractivity contribution is 5.92. The second kappa shape index (κ2) is 10.5. The zero-order chi connectivity index (χ0) is 23.0. The van der Waals surface area contributed by atoms with E-state index in [0.717, 1.165) is 24.9 Å². The van der Waals surface area contributed by atoms with Crippen LogP contribution >= 0.6 is 0 Å². The Morgan fingerprint density at radius 1 is 0.939 bits per heavy atom. The summed E-state index contributed by atoms with van der Waals surface area (Å²) in [5.41, 5.74) is 2.97. The van der Waals surface area contributed by atoms with Crippen molar-refractivity contribution in [1.82, 2.24) is 25.1 Å². The number of unbranched alkanes of at least 4 members (excludes halogenated alkanes) is 1. The largest absolute Gasteiger partial charge is 0.508 e. The first-order valence-corrected chi connectivity index (χ1v) is 11.2. The number of carbonyl (C=O) groups is 1. The van der Waals surface area contributed by atoms with Crippen LogP contribution in [0.2, 0.25) is 0 Å². The van der Waals surface area contributed by atoms with Gasteiger partial charge in [-0.2, -0.15) is 5.10 Å². The number of aromatic hydroxyl groups is 1. The molecule has 0 fully saturated rings. The molecule has 33 heavy (non-hydrogen) atoms. The third-order valence-corrected chi connectivity index (χ3v) is 5.29.